The fourth-order valence-corrected chi connectivity index (χ4v) is 1.64. The lowest BCUT2D eigenvalue weighted by Gasteiger charge is -2.11. The highest BCUT2D eigenvalue weighted by Gasteiger charge is 2.08. The molecule has 0 aromatic heterocycles. The van der Waals surface area contributed by atoms with Gasteiger partial charge in [-0.05, 0) is 38.5 Å². The van der Waals surface area contributed by atoms with E-state index in [4.69, 9.17) is 14.2 Å². The lowest BCUT2D eigenvalue weighted by atomic mass is 10.1. The molecule has 0 aliphatic heterocycles. The third kappa shape index (κ3) is 4.91. The average Bonchev–Trinajstić information content (AvgIpc) is 2.43. The molecule has 0 unspecified atom stereocenters. The van der Waals surface area contributed by atoms with Gasteiger partial charge in [0.2, 0.25) is 0 Å². The van der Waals surface area contributed by atoms with Crippen molar-refractivity contribution < 1.29 is 23.8 Å². The van der Waals surface area contributed by atoms with Crippen LogP contribution in [0.5, 0.6) is 11.5 Å². The van der Waals surface area contributed by atoms with Crippen LogP contribution in [0, 0.1) is 0 Å². The normalized spacial score (nSPS) is 9.95. The predicted octanol–water partition coefficient (Wildman–Crippen LogP) is 2.62. The van der Waals surface area contributed by atoms with Crippen molar-refractivity contribution in [2.24, 2.45) is 0 Å². The molecule has 0 aliphatic carbocycles. The monoisotopic (exact) mass is 280 g/mol. The van der Waals surface area contributed by atoms with Gasteiger partial charge < -0.3 is 14.2 Å². The van der Waals surface area contributed by atoms with E-state index in [-0.39, 0.29) is 11.8 Å². The summed E-state index contributed by atoms with van der Waals surface area (Å²) in [5.41, 5.74) is 0.570. The highest BCUT2D eigenvalue weighted by Crippen LogP contribution is 2.28. The third-order valence-corrected chi connectivity index (χ3v) is 2.66. The van der Waals surface area contributed by atoms with E-state index in [9.17, 15) is 9.59 Å². The summed E-state index contributed by atoms with van der Waals surface area (Å²) in [7, 11) is 1.52. The smallest absolute Gasteiger partial charge is 0.305 e. The van der Waals surface area contributed by atoms with Gasteiger partial charge in [-0.15, -0.1) is 0 Å². The van der Waals surface area contributed by atoms with Crippen molar-refractivity contribution in [3.05, 3.63) is 23.8 Å². The minimum Gasteiger partial charge on any atom is -0.493 e. The molecule has 0 bridgehead atoms. The van der Waals surface area contributed by atoms with Crippen molar-refractivity contribution in [1.29, 1.82) is 0 Å². The molecule has 0 fully saturated rings. The first-order valence-corrected chi connectivity index (χ1v) is 6.55. The van der Waals surface area contributed by atoms with Crippen LogP contribution in [0.3, 0.4) is 0 Å². The first-order valence-electron chi connectivity index (χ1n) is 6.55. The SMILES string of the molecule is CCOC(=O)CCCOc1ccc(C(C)=O)cc1OC. The van der Waals surface area contributed by atoms with Crippen molar-refractivity contribution in [2.45, 2.75) is 26.7 Å². The second-order valence-corrected chi connectivity index (χ2v) is 4.18. The molecule has 20 heavy (non-hydrogen) atoms. The zero-order chi connectivity index (χ0) is 15.0. The van der Waals surface area contributed by atoms with Crippen LogP contribution in [0.2, 0.25) is 0 Å². The maximum atomic E-state index is 11.3. The second-order valence-electron chi connectivity index (χ2n) is 4.18. The van der Waals surface area contributed by atoms with Crippen LogP contribution in [0.1, 0.15) is 37.0 Å². The maximum Gasteiger partial charge on any atom is 0.305 e. The Bertz CT molecular complexity index is 467. The Balaban J connectivity index is 2.51. The average molecular weight is 280 g/mol. The number of carbonyl (C=O) groups excluding carboxylic acids is 2. The Hall–Kier alpha value is -2.04. The Morgan fingerprint density at radius 3 is 2.55 bits per heavy atom. The van der Waals surface area contributed by atoms with E-state index in [1.54, 1.807) is 25.1 Å². The van der Waals surface area contributed by atoms with E-state index < -0.39 is 0 Å². The molecular weight excluding hydrogens is 260 g/mol. The van der Waals surface area contributed by atoms with Gasteiger partial charge in [0.15, 0.2) is 17.3 Å². The highest BCUT2D eigenvalue weighted by atomic mass is 16.5. The summed E-state index contributed by atoms with van der Waals surface area (Å²) < 4.78 is 15.6. The fourth-order valence-electron chi connectivity index (χ4n) is 1.64. The minimum absolute atomic E-state index is 0.0304. The largest absolute Gasteiger partial charge is 0.493 e. The summed E-state index contributed by atoms with van der Waals surface area (Å²) in [4.78, 5) is 22.4. The molecule has 0 aliphatic rings. The predicted molar refractivity (Wildman–Crippen MR) is 74.4 cm³/mol. The number of carbonyl (C=O) groups is 2. The molecule has 1 rings (SSSR count). The molecule has 0 radical (unpaired) electrons. The summed E-state index contributed by atoms with van der Waals surface area (Å²) in [6.45, 7) is 4.04. The number of methoxy groups -OCH3 is 1. The van der Waals surface area contributed by atoms with E-state index in [1.165, 1.54) is 14.0 Å². The zero-order valence-electron chi connectivity index (χ0n) is 12.1. The Morgan fingerprint density at radius 1 is 1.20 bits per heavy atom. The van der Waals surface area contributed by atoms with Crippen molar-refractivity contribution in [2.75, 3.05) is 20.3 Å². The van der Waals surface area contributed by atoms with Gasteiger partial charge in [-0.25, -0.2) is 0 Å². The first kappa shape index (κ1) is 16.0. The number of hydrogen-bond donors (Lipinski definition) is 0. The maximum absolute atomic E-state index is 11.3. The number of ether oxygens (including phenoxy) is 3. The fraction of sp³-hybridized carbons (Fsp3) is 0.467. The van der Waals surface area contributed by atoms with Gasteiger partial charge in [0.25, 0.3) is 0 Å². The summed E-state index contributed by atoms with van der Waals surface area (Å²) in [5.74, 6) is 0.808. The number of hydrogen-bond acceptors (Lipinski definition) is 5. The van der Waals surface area contributed by atoms with Crippen LogP contribution in [-0.2, 0) is 9.53 Å². The van der Waals surface area contributed by atoms with Crippen molar-refractivity contribution in [3.63, 3.8) is 0 Å². The summed E-state index contributed by atoms with van der Waals surface area (Å²) in [6, 6.07) is 5.02. The van der Waals surface area contributed by atoms with Gasteiger partial charge in [-0.3, -0.25) is 9.59 Å². The zero-order valence-corrected chi connectivity index (χ0v) is 12.1. The van der Waals surface area contributed by atoms with Gasteiger partial charge >= 0.3 is 5.97 Å². The van der Waals surface area contributed by atoms with Crippen molar-refractivity contribution >= 4 is 11.8 Å². The summed E-state index contributed by atoms with van der Waals surface area (Å²) >= 11 is 0. The Labute approximate surface area is 118 Å². The van der Waals surface area contributed by atoms with Gasteiger partial charge in [0.05, 0.1) is 20.3 Å². The highest BCUT2D eigenvalue weighted by molar-refractivity contribution is 5.94. The van der Waals surface area contributed by atoms with E-state index in [0.717, 1.165) is 0 Å². The molecule has 0 saturated carbocycles. The molecular formula is C15H20O5. The van der Waals surface area contributed by atoms with Crippen LogP contribution in [0.4, 0.5) is 0 Å². The minimum atomic E-state index is -0.227. The molecule has 0 amide bonds. The molecule has 0 saturated heterocycles. The van der Waals surface area contributed by atoms with Gasteiger partial charge in [0.1, 0.15) is 0 Å². The number of Topliss-reactive ketones (excluding diaryl/α,β-unsaturated/α-hetero) is 1. The molecule has 5 heteroatoms. The van der Waals surface area contributed by atoms with Crippen LogP contribution in [0.25, 0.3) is 0 Å². The molecule has 0 heterocycles. The van der Waals surface area contributed by atoms with Crippen molar-refractivity contribution in [1.82, 2.24) is 0 Å². The molecule has 0 atom stereocenters. The van der Waals surface area contributed by atoms with Crippen molar-refractivity contribution in [3.8, 4) is 11.5 Å². The lowest BCUT2D eigenvalue weighted by Crippen LogP contribution is -2.07. The van der Waals surface area contributed by atoms with E-state index in [2.05, 4.69) is 0 Å². The molecule has 1 aromatic carbocycles. The van der Waals surface area contributed by atoms with Crippen LogP contribution < -0.4 is 9.47 Å². The van der Waals surface area contributed by atoms with E-state index >= 15 is 0 Å². The number of benzene rings is 1. The summed E-state index contributed by atoms with van der Waals surface area (Å²) in [5, 5.41) is 0. The van der Waals surface area contributed by atoms with Gasteiger partial charge in [0, 0.05) is 12.0 Å². The molecule has 5 nitrogen and oxygen atoms in total. The Kier molecular flexibility index (Phi) is 6.56. The quantitative estimate of drug-likeness (QED) is 0.416. The number of esters is 1. The first-order chi connectivity index (χ1) is 9.58. The molecule has 0 spiro atoms. The molecule has 110 valence electrons. The van der Waals surface area contributed by atoms with E-state index in [1.807, 2.05) is 0 Å². The van der Waals surface area contributed by atoms with Crippen LogP contribution in [-0.4, -0.2) is 32.1 Å². The van der Waals surface area contributed by atoms with E-state index in [0.29, 0.717) is 43.1 Å². The van der Waals surface area contributed by atoms with Crippen LogP contribution in [0.15, 0.2) is 18.2 Å². The Morgan fingerprint density at radius 2 is 1.95 bits per heavy atom. The second kappa shape index (κ2) is 8.19. The number of rotatable bonds is 8. The summed E-state index contributed by atoms with van der Waals surface area (Å²) in [6.07, 6.45) is 0.887. The third-order valence-electron chi connectivity index (χ3n) is 2.66. The lowest BCUT2D eigenvalue weighted by molar-refractivity contribution is -0.143. The van der Waals surface area contributed by atoms with Gasteiger partial charge in [-0.1, -0.05) is 0 Å². The number of ketones is 1. The van der Waals surface area contributed by atoms with Crippen LogP contribution >= 0.6 is 0 Å². The topological polar surface area (TPSA) is 61.8 Å². The van der Waals surface area contributed by atoms with Gasteiger partial charge in [-0.2, -0.15) is 0 Å². The molecule has 0 N–H and O–H groups in total. The molecule has 1 aromatic rings. The standard InChI is InChI=1S/C15H20O5/c1-4-19-15(17)6-5-9-20-13-8-7-12(11(2)16)10-14(13)18-3/h7-8,10H,4-6,9H2,1-3H3.